The second-order valence-corrected chi connectivity index (χ2v) is 9.61. The maximum Gasteiger partial charge on any atom is 0.573 e. The molecule has 1 saturated heterocycles. The molecule has 2 aromatic rings. The van der Waals surface area contributed by atoms with Crippen LogP contribution >= 0.6 is 0 Å². The van der Waals surface area contributed by atoms with E-state index in [1.165, 1.54) is 24.3 Å². The predicted molar refractivity (Wildman–Crippen MR) is 133 cm³/mol. The van der Waals surface area contributed by atoms with E-state index >= 15 is 0 Å². The minimum absolute atomic E-state index is 0.0450. The quantitative estimate of drug-likeness (QED) is 0.470. The van der Waals surface area contributed by atoms with Gasteiger partial charge in [0, 0.05) is 18.2 Å². The van der Waals surface area contributed by atoms with Crippen LogP contribution in [0.1, 0.15) is 61.0 Å². The standard InChI is InChI=1S/C27H30F3N3O5/c1-17-2-10-21(11-3-17)33-23(18-4-6-19(7-5-18)25(36)31-15-14-24(34)35)16-37-26(33)32-20-8-12-22(13-9-20)38-27(28,29)30/h4-9,12-13,17,21,23H,2-3,10-11,14-16H2,1H3,(H,31,36)(H,34,35). The highest BCUT2D eigenvalue weighted by Crippen LogP contribution is 2.37. The summed E-state index contributed by atoms with van der Waals surface area (Å²) in [6.45, 7) is 2.61. The molecule has 11 heteroatoms. The molecule has 1 atom stereocenters. The van der Waals surface area contributed by atoms with Gasteiger partial charge in [0.05, 0.1) is 18.2 Å². The van der Waals surface area contributed by atoms with Crippen molar-refractivity contribution in [2.45, 2.75) is 57.5 Å². The highest BCUT2D eigenvalue weighted by Gasteiger charge is 2.39. The maximum atomic E-state index is 12.5. The molecule has 0 spiro atoms. The van der Waals surface area contributed by atoms with E-state index in [0.29, 0.717) is 29.8 Å². The van der Waals surface area contributed by atoms with Crippen molar-refractivity contribution in [2.75, 3.05) is 13.2 Å². The monoisotopic (exact) mass is 533 g/mol. The van der Waals surface area contributed by atoms with Crippen LogP contribution in [0.2, 0.25) is 0 Å². The number of aliphatic carboxylic acids is 1. The van der Waals surface area contributed by atoms with Crippen LogP contribution in [0.3, 0.4) is 0 Å². The molecule has 2 fully saturated rings. The van der Waals surface area contributed by atoms with Crippen molar-refractivity contribution in [3.63, 3.8) is 0 Å². The summed E-state index contributed by atoms with van der Waals surface area (Å²) in [6, 6.07) is 12.9. The van der Waals surface area contributed by atoms with Gasteiger partial charge in [0.15, 0.2) is 0 Å². The number of hydrogen-bond acceptors (Lipinski definition) is 5. The van der Waals surface area contributed by atoms with Gasteiger partial charge in [-0.05, 0) is 73.6 Å². The summed E-state index contributed by atoms with van der Waals surface area (Å²) in [4.78, 5) is 29.8. The van der Waals surface area contributed by atoms with E-state index in [2.05, 4.69) is 26.9 Å². The molecule has 1 aliphatic carbocycles. The zero-order valence-corrected chi connectivity index (χ0v) is 20.9. The number of ether oxygens (including phenoxy) is 2. The summed E-state index contributed by atoms with van der Waals surface area (Å²) in [5.74, 6) is -1.02. The van der Waals surface area contributed by atoms with Crippen LogP contribution in [0, 0.1) is 5.92 Å². The Morgan fingerprint density at radius 1 is 1.08 bits per heavy atom. The largest absolute Gasteiger partial charge is 0.573 e. The highest BCUT2D eigenvalue weighted by atomic mass is 19.4. The highest BCUT2D eigenvalue weighted by molar-refractivity contribution is 5.94. The van der Waals surface area contributed by atoms with E-state index in [4.69, 9.17) is 9.84 Å². The number of rotatable bonds is 8. The van der Waals surface area contributed by atoms with Crippen molar-refractivity contribution in [1.82, 2.24) is 10.2 Å². The fraction of sp³-hybridized carbons (Fsp3) is 0.444. The molecule has 1 saturated carbocycles. The Morgan fingerprint density at radius 2 is 1.74 bits per heavy atom. The smallest absolute Gasteiger partial charge is 0.481 e. The number of amides is 1. The number of amidine groups is 1. The molecule has 0 radical (unpaired) electrons. The maximum absolute atomic E-state index is 12.5. The fourth-order valence-electron chi connectivity index (χ4n) is 4.79. The van der Waals surface area contributed by atoms with Crippen molar-refractivity contribution in [3.05, 3.63) is 59.7 Å². The lowest BCUT2D eigenvalue weighted by molar-refractivity contribution is -0.274. The topological polar surface area (TPSA) is 100 Å². The molecular formula is C27H30F3N3O5. The molecule has 8 nitrogen and oxygen atoms in total. The van der Waals surface area contributed by atoms with E-state index in [1.807, 2.05) is 12.1 Å². The summed E-state index contributed by atoms with van der Waals surface area (Å²) in [5, 5.41) is 11.3. The van der Waals surface area contributed by atoms with Crippen molar-refractivity contribution >= 4 is 23.6 Å². The Labute approximate surface area is 218 Å². The number of nitrogens with zero attached hydrogens (tertiary/aromatic N) is 2. The van der Waals surface area contributed by atoms with Gasteiger partial charge in [-0.15, -0.1) is 13.2 Å². The normalized spacial score (nSPS) is 22.7. The van der Waals surface area contributed by atoms with Crippen LogP contribution in [0.25, 0.3) is 0 Å². The third-order valence-corrected chi connectivity index (χ3v) is 6.78. The first kappa shape index (κ1) is 27.3. The summed E-state index contributed by atoms with van der Waals surface area (Å²) >= 11 is 0. The first-order valence-electron chi connectivity index (χ1n) is 12.5. The van der Waals surface area contributed by atoms with Crippen molar-refractivity contribution in [3.8, 4) is 5.75 Å². The minimum Gasteiger partial charge on any atom is -0.481 e. The van der Waals surface area contributed by atoms with E-state index in [0.717, 1.165) is 31.2 Å². The van der Waals surface area contributed by atoms with Gasteiger partial charge in [0.1, 0.15) is 12.4 Å². The summed E-state index contributed by atoms with van der Waals surface area (Å²) in [7, 11) is 0. The van der Waals surface area contributed by atoms with Crippen LogP contribution in [0.4, 0.5) is 18.9 Å². The number of hydrogen-bond donors (Lipinski definition) is 2. The van der Waals surface area contributed by atoms with E-state index in [9.17, 15) is 22.8 Å². The third-order valence-electron chi connectivity index (χ3n) is 6.78. The molecule has 4 rings (SSSR count). The van der Waals surface area contributed by atoms with Crippen LogP contribution in [-0.4, -0.2) is 53.5 Å². The van der Waals surface area contributed by atoms with E-state index in [-0.39, 0.29) is 36.7 Å². The van der Waals surface area contributed by atoms with Crippen LogP contribution < -0.4 is 10.1 Å². The van der Waals surface area contributed by atoms with Gasteiger partial charge in [-0.2, -0.15) is 4.99 Å². The van der Waals surface area contributed by atoms with E-state index < -0.39 is 12.3 Å². The van der Waals surface area contributed by atoms with Gasteiger partial charge >= 0.3 is 12.3 Å². The van der Waals surface area contributed by atoms with Gasteiger partial charge in [0.25, 0.3) is 11.9 Å². The second-order valence-electron chi connectivity index (χ2n) is 9.61. The Morgan fingerprint density at radius 3 is 2.34 bits per heavy atom. The van der Waals surface area contributed by atoms with Gasteiger partial charge in [-0.3, -0.25) is 9.59 Å². The van der Waals surface area contributed by atoms with Gasteiger partial charge < -0.3 is 24.8 Å². The summed E-state index contributed by atoms with van der Waals surface area (Å²) in [6.07, 6.45) is -0.859. The molecule has 0 aromatic heterocycles. The number of halogens is 3. The van der Waals surface area contributed by atoms with Crippen LogP contribution in [0.15, 0.2) is 53.5 Å². The van der Waals surface area contributed by atoms with Crippen molar-refractivity contribution in [2.24, 2.45) is 10.9 Å². The zero-order chi connectivity index (χ0) is 27.3. The molecule has 1 unspecified atom stereocenters. The first-order chi connectivity index (χ1) is 18.1. The van der Waals surface area contributed by atoms with Gasteiger partial charge in [-0.1, -0.05) is 19.1 Å². The molecular weight excluding hydrogens is 503 g/mol. The van der Waals surface area contributed by atoms with Crippen molar-refractivity contribution < 1.29 is 37.3 Å². The lowest BCUT2D eigenvalue weighted by Gasteiger charge is -2.36. The predicted octanol–water partition coefficient (Wildman–Crippen LogP) is 5.43. The lowest BCUT2D eigenvalue weighted by atomic mass is 9.86. The molecule has 0 bridgehead atoms. The minimum atomic E-state index is -4.77. The van der Waals surface area contributed by atoms with Crippen LogP contribution in [0.5, 0.6) is 5.75 Å². The van der Waals surface area contributed by atoms with Gasteiger partial charge in [-0.25, -0.2) is 0 Å². The number of nitrogens with one attached hydrogen (secondary N) is 1. The number of aliphatic imine (C=N–C) groups is 1. The first-order valence-corrected chi connectivity index (χ1v) is 12.5. The third kappa shape index (κ3) is 7.17. The summed E-state index contributed by atoms with van der Waals surface area (Å²) in [5.41, 5.74) is 1.80. The molecule has 1 amide bonds. The Balaban J connectivity index is 1.53. The molecule has 2 aromatic carbocycles. The molecule has 2 aliphatic rings. The lowest BCUT2D eigenvalue weighted by Crippen LogP contribution is -2.40. The second kappa shape index (κ2) is 11.7. The van der Waals surface area contributed by atoms with Crippen LogP contribution in [-0.2, 0) is 9.53 Å². The average Bonchev–Trinajstić information content (AvgIpc) is 3.28. The molecule has 38 heavy (non-hydrogen) atoms. The average molecular weight is 534 g/mol. The summed E-state index contributed by atoms with van der Waals surface area (Å²) < 4.78 is 47.4. The molecule has 1 aliphatic heterocycles. The molecule has 2 N–H and O–H groups in total. The Bertz CT molecular complexity index is 1140. The zero-order valence-electron chi connectivity index (χ0n) is 20.9. The molecule has 1 heterocycles. The SMILES string of the molecule is CC1CCC(N2C(=Nc3ccc(OC(F)(F)F)cc3)OCC2c2ccc(C(=O)NCCC(=O)O)cc2)CC1. The number of benzene rings is 2. The molecule has 204 valence electrons. The Hall–Kier alpha value is -3.76. The number of carbonyl (C=O) groups excluding carboxylic acids is 1. The number of carbonyl (C=O) groups is 2. The Kier molecular flexibility index (Phi) is 8.43. The fourth-order valence-corrected chi connectivity index (χ4v) is 4.79. The van der Waals surface area contributed by atoms with Crippen molar-refractivity contribution in [1.29, 1.82) is 0 Å². The number of alkyl halides is 3. The number of carboxylic acids is 1. The number of carboxylic acid groups (broad SMARTS) is 1. The van der Waals surface area contributed by atoms with Gasteiger partial charge in [0.2, 0.25) is 0 Å². The van der Waals surface area contributed by atoms with E-state index in [1.54, 1.807) is 12.1 Å².